The van der Waals surface area contributed by atoms with Crippen LogP contribution in [0.1, 0.15) is 0 Å². The molecule has 28 valence electrons. The molecule has 0 spiro atoms. The monoisotopic (exact) mass is 136 g/mol. The molecule has 0 aromatic carbocycles. The zero-order chi connectivity index (χ0) is 3.58. The molecule has 0 aliphatic heterocycles. The zero-order valence-corrected chi connectivity index (χ0v) is 4.52. The van der Waals surface area contributed by atoms with Crippen molar-refractivity contribution in [3.05, 3.63) is 0 Å². The summed E-state index contributed by atoms with van der Waals surface area (Å²) in [6, 6.07) is 0. The van der Waals surface area contributed by atoms with Gasteiger partial charge in [0.05, 0.1) is 0 Å². The van der Waals surface area contributed by atoms with E-state index in [1.54, 1.807) is 0 Å². The molecule has 5 heteroatoms. The molecular formula is H3BGeO3. The molecule has 0 bridgehead atoms. The van der Waals surface area contributed by atoms with Gasteiger partial charge in [0, 0.05) is 17.6 Å². The van der Waals surface area contributed by atoms with E-state index in [0.29, 0.717) is 0 Å². The molecule has 0 aromatic rings. The van der Waals surface area contributed by atoms with Crippen LogP contribution in [0.2, 0.25) is 0 Å². The van der Waals surface area contributed by atoms with E-state index in [1.165, 1.54) is 0 Å². The second kappa shape index (κ2) is 4.49. The molecule has 0 aliphatic rings. The van der Waals surface area contributed by atoms with Gasteiger partial charge >= 0.3 is 7.32 Å². The van der Waals surface area contributed by atoms with E-state index in [1.807, 2.05) is 0 Å². The molecule has 0 heterocycles. The molecular weight excluding hydrogens is 131 g/mol. The fourth-order valence-electron chi connectivity index (χ4n) is 0. The van der Waals surface area contributed by atoms with Crippen LogP contribution in [-0.4, -0.2) is 40.0 Å². The Bertz CT molecular complexity index is 11.6. The maximum absolute atomic E-state index is 7.17. The average molecular weight is 134 g/mol. The molecule has 3 nitrogen and oxygen atoms in total. The Labute approximate surface area is 40.8 Å². The smallest absolute Gasteiger partial charge is 0.402 e. The Balaban J connectivity index is 0. The Morgan fingerprint density at radius 3 is 1.00 bits per heavy atom. The minimum absolute atomic E-state index is 0. The van der Waals surface area contributed by atoms with E-state index in [4.69, 9.17) is 15.1 Å². The molecule has 0 aliphatic carbocycles. The van der Waals surface area contributed by atoms with Gasteiger partial charge in [-0.15, -0.1) is 0 Å². The van der Waals surface area contributed by atoms with E-state index < -0.39 is 7.32 Å². The summed E-state index contributed by atoms with van der Waals surface area (Å²) in [6.45, 7) is 0. The van der Waals surface area contributed by atoms with Crippen molar-refractivity contribution >= 4 is 24.9 Å². The van der Waals surface area contributed by atoms with Crippen LogP contribution in [0.15, 0.2) is 0 Å². The van der Waals surface area contributed by atoms with E-state index in [-0.39, 0.29) is 17.6 Å². The van der Waals surface area contributed by atoms with Crippen molar-refractivity contribution < 1.29 is 15.1 Å². The Morgan fingerprint density at radius 1 is 1.00 bits per heavy atom. The van der Waals surface area contributed by atoms with E-state index in [2.05, 4.69) is 0 Å². The van der Waals surface area contributed by atoms with E-state index in [0.717, 1.165) is 0 Å². The Morgan fingerprint density at radius 2 is 1.00 bits per heavy atom. The summed E-state index contributed by atoms with van der Waals surface area (Å²) in [4.78, 5) is 0. The van der Waals surface area contributed by atoms with E-state index >= 15 is 0 Å². The van der Waals surface area contributed by atoms with Crippen LogP contribution in [0.25, 0.3) is 0 Å². The van der Waals surface area contributed by atoms with Crippen LogP contribution in [-0.2, 0) is 0 Å². The summed E-state index contributed by atoms with van der Waals surface area (Å²) in [5, 5.41) is 21.5. The van der Waals surface area contributed by atoms with Crippen LogP contribution >= 0.6 is 0 Å². The molecule has 0 rings (SSSR count). The van der Waals surface area contributed by atoms with E-state index in [9.17, 15) is 0 Å². The third-order valence-electron chi connectivity index (χ3n) is 0. The van der Waals surface area contributed by atoms with Gasteiger partial charge in [-0.1, -0.05) is 0 Å². The van der Waals surface area contributed by atoms with Crippen molar-refractivity contribution in [2.45, 2.75) is 0 Å². The van der Waals surface area contributed by atoms with Crippen molar-refractivity contribution in [3.8, 4) is 0 Å². The SMILES string of the molecule is OB(O)O.[Ge]. The van der Waals surface area contributed by atoms with Gasteiger partial charge in [-0.05, 0) is 0 Å². The predicted octanol–water partition coefficient (Wildman–Crippen LogP) is -2.43. The van der Waals surface area contributed by atoms with Crippen molar-refractivity contribution in [2.75, 3.05) is 0 Å². The van der Waals surface area contributed by atoms with Crippen molar-refractivity contribution in [3.63, 3.8) is 0 Å². The van der Waals surface area contributed by atoms with Gasteiger partial charge in [0.25, 0.3) is 0 Å². The van der Waals surface area contributed by atoms with Gasteiger partial charge in [-0.25, -0.2) is 0 Å². The standard InChI is InChI=1S/BH3O3.Ge/c2-1(3)4;/h2-4H;. The van der Waals surface area contributed by atoms with Gasteiger partial charge in [0.1, 0.15) is 0 Å². The normalized spacial score (nSPS) is 5.40. The first kappa shape index (κ1) is 9.09. The van der Waals surface area contributed by atoms with Crippen molar-refractivity contribution in [1.82, 2.24) is 0 Å². The fraction of sp³-hybridized carbons (Fsp3) is 0. The third-order valence-corrected chi connectivity index (χ3v) is 0. The second-order valence-electron chi connectivity index (χ2n) is 0.346. The average Bonchev–Trinajstić information content (AvgIpc) is 0.811. The topological polar surface area (TPSA) is 60.7 Å². The van der Waals surface area contributed by atoms with Gasteiger partial charge in [0.15, 0.2) is 0 Å². The Hall–Kier alpha value is 0.488. The number of hydrogen-bond acceptors (Lipinski definition) is 3. The Kier molecular flexibility index (Phi) is 8.16. The fourth-order valence-corrected chi connectivity index (χ4v) is 0. The van der Waals surface area contributed by atoms with Gasteiger partial charge in [0.2, 0.25) is 0 Å². The van der Waals surface area contributed by atoms with Crippen molar-refractivity contribution in [2.24, 2.45) is 0 Å². The van der Waals surface area contributed by atoms with Crippen LogP contribution < -0.4 is 0 Å². The molecule has 5 heavy (non-hydrogen) atoms. The molecule has 0 unspecified atom stereocenters. The summed E-state index contributed by atoms with van der Waals surface area (Å²) in [6.07, 6.45) is 0. The molecule has 0 saturated heterocycles. The minimum Gasteiger partial charge on any atom is -0.402 e. The summed E-state index contributed by atoms with van der Waals surface area (Å²) in [7, 11) is -2.17. The quantitative estimate of drug-likeness (QED) is 0.323. The minimum atomic E-state index is -2.17. The van der Waals surface area contributed by atoms with Gasteiger partial charge in [-0.3, -0.25) is 0 Å². The molecule has 0 amide bonds. The summed E-state index contributed by atoms with van der Waals surface area (Å²) >= 11 is 0. The van der Waals surface area contributed by atoms with Crippen molar-refractivity contribution in [1.29, 1.82) is 0 Å². The first-order valence-corrected chi connectivity index (χ1v) is 0.775. The summed E-state index contributed by atoms with van der Waals surface area (Å²) in [5.41, 5.74) is 0. The van der Waals surface area contributed by atoms with Crippen LogP contribution in [0.5, 0.6) is 0 Å². The molecule has 0 aromatic heterocycles. The van der Waals surface area contributed by atoms with Crippen LogP contribution in [0.3, 0.4) is 0 Å². The number of hydrogen-bond donors (Lipinski definition) is 3. The molecule has 4 radical (unpaired) electrons. The zero-order valence-electron chi connectivity index (χ0n) is 2.42. The third kappa shape index (κ3) is 117. The first-order valence-electron chi connectivity index (χ1n) is 0.775. The molecule has 0 saturated carbocycles. The number of rotatable bonds is 0. The first-order chi connectivity index (χ1) is 1.73. The van der Waals surface area contributed by atoms with Gasteiger partial charge < -0.3 is 15.1 Å². The molecule has 3 N–H and O–H groups in total. The van der Waals surface area contributed by atoms with Gasteiger partial charge in [-0.2, -0.15) is 0 Å². The summed E-state index contributed by atoms with van der Waals surface area (Å²) in [5.74, 6) is 0. The second-order valence-corrected chi connectivity index (χ2v) is 0.346. The predicted molar refractivity (Wildman–Crippen MR) is 18.2 cm³/mol. The molecule has 0 fully saturated rings. The maximum atomic E-state index is 7.17. The van der Waals surface area contributed by atoms with Crippen LogP contribution in [0.4, 0.5) is 0 Å². The summed E-state index contributed by atoms with van der Waals surface area (Å²) < 4.78 is 0. The largest absolute Gasteiger partial charge is 0.631 e. The van der Waals surface area contributed by atoms with Crippen LogP contribution in [0, 0.1) is 0 Å². The maximum Gasteiger partial charge on any atom is 0.631 e. The molecule has 0 atom stereocenters.